The Kier molecular flexibility index (Phi) is 7.86. The Bertz CT molecular complexity index is 3290. The highest BCUT2D eigenvalue weighted by Crippen LogP contribution is 2.62. The number of fused-ring (bicyclic) bond motifs is 8. The lowest BCUT2D eigenvalue weighted by Gasteiger charge is -2.42. The van der Waals surface area contributed by atoms with Gasteiger partial charge in [0, 0.05) is 22.1 Å². The summed E-state index contributed by atoms with van der Waals surface area (Å²) in [6, 6.07) is 80.2. The molecule has 0 saturated heterocycles. The van der Waals surface area contributed by atoms with Crippen LogP contribution in [0.5, 0.6) is 11.5 Å². The van der Waals surface area contributed by atoms with Gasteiger partial charge in [-0.2, -0.15) is 0 Å². The minimum Gasteiger partial charge on any atom is -0.456 e. The number of hydrogen-bond donors (Lipinski definition) is 0. The third-order valence-corrected chi connectivity index (χ3v) is 13.6. The van der Waals surface area contributed by atoms with Crippen molar-refractivity contribution in [3.8, 4) is 56.0 Å². The average molecular weight is 779 g/mol. The minimum atomic E-state index is -0.571. The zero-order chi connectivity index (χ0) is 40.7. The summed E-state index contributed by atoms with van der Waals surface area (Å²) in [5.41, 5.74) is 16.4. The molecule has 0 unspecified atom stereocenters. The van der Waals surface area contributed by atoms with Gasteiger partial charge in [0.2, 0.25) is 0 Å². The van der Waals surface area contributed by atoms with Crippen molar-refractivity contribution in [3.63, 3.8) is 0 Å². The van der Waals surface area contributed by atoms with Gasteiger partial charge in [-0.25, -0.2) is 0 Å². The van der Waals surface area contributed by atoms with Crippen molar-refractivity contribution >= 4 is 21.5 Å². The summed E-state index contributed by atoms with van der Waals surface area (Å²) in [6.07, 6.45) is 0. The van der Waals surface area contributed by atoms with Gasteiger partial charge >= 0.3 is 0 Å². The maximum atomic E-state index is 7.17. The van der Waals surface area contributed by atoms with Crippen molar-refractivity contribution in [3.05, 3.63) is 252 Å². The summed E-state index contributed by atoms with van der Waals surface area (Å²) in [5.74, 6) is 1.84. The van der Waals surface area contributed by atoms with Gasteiger partial charge in [0.05, 0.1) is 5.41 Å². The van der Waals surface area contributed by atoms with E-state index in [9.17, 15) is 0 Å². The van der Waals surface area contributed by atoms with Crippen molar-refractivity contribution in [1.29, 1.82) is 0 Å². The smallest absolute Gasteiger partial charge is 0.140 e. The van der Waals surface area contributed by atoms with Gasteiger partial charge in [0.15, 0.2) is 0 Å². The molecule has 1 aliphatic heterocycles. The Labute approximate surface area is 357 Å². The van der Waals surface area contributed by atoms with Crippen LogP contribution in [0.4, 0.5) is 0 Å². The van der Waals surface area contributed by atoms with Gasteiger partial charge in [-0.15, -0.1) is 0 Å². The fourth-order valence-corrected chi connectivity index (χ4v) is 10.9. The van der Waals surface area contributed by atoms with Crippen molar-refractivity contribution in [2.45, 2.75) is 24.7 Å². The SMILES string of the molecule is CC1(C)c2cc(-c3ccc4c(-c5ccccc5)c5ccccc5c(-c5ccccc5)c4c3)ccc2-c2c1ccc1c2Oc2ccccc2C1(c1ccccc1)c1ccccc1. The molecule has 61 heavy (non-hydrogen) atoms. The van der Waals surface area contributed by atoms with Crippen LogP contribution in [-0.2, 0) is 10.8 Å². The van der Waals surface area contributed by atoms with E-state index in [1.54, 1.807) is 0 Å². The zero-order valence-corrected chi connectivity index (χ0v) is 34.2. The topological polar surface area (TPSA) is 9.23 Å². The third-order valence-electron chi connectivity index (χ3n) is 13.6. The molecule has 0 spiro atoms. The van der Waals surface area contributed by atoms with Crippen LogP contribution in [0.2, 0.25) is 0 Å². The van der Waals surface area contributed by atoms with Gasteiger partial charge in [0.1, 0.15) is 11.5 Å². The van der Waals surface area contributed by atoms with Gasteiger partial charge in [-0.3, -0.25) is 0 Å². The molecule has 0 fully saturated rings. The van der Waals surface area contributed by atoms with E-state index in [-0.39, 0.29) is 5.41 Å². The second kappa shape index (κ2) is 13.5. The maximum absolute atomic E-state index is 7.17. The number of ether oxygens (including phenoxy) is 1. The summed E-state index contributed by atoms with van der Waals surface area (Å²) in [7, 11) is 0. The van der Waals surface area contributed by atoms with Crippen LogP contribution >= 0.6 is 0 Å². The van der Waals surface area contributed by atoms with E-state index in [2.05, 4.69) is 232 Å². The van der Waals surface area contributed by atoms with E-state index in [0.717, 1.165) is 17.1 Å². The van der Waals surface area contributed by atoms with E-state index < -0.39 is 5.41 Å². The number of para-hydroxylation sites is 1. The van der Waals surface area contributed by atoms with E-state index in [1.807, 2.05) is 0 Å². The second-order valence-electron chi connectivity index (χ2n) is 17.1. The van der Waals surface area contributed by atoms with Gasteiger partial charge < -0.3 is 4.74 Å². The molecule has 10 aromatic rings. The van der Waals surface area contributed by atoms with Crippen molar-refractivity contribution in [2.24, 2.45) is 0 Å². The summed E-state index contributed by atoms with van der Waals surface area (Å²) in [5, 5.41) is 5.03. The summed E-state index contributed by atoms with van der Waals surface area (Å²) in [6.45, 7) is 4.75. The third kappa shape index (κ3) is 5.14. The fourth-order valence-electron chi connectivity index (χ4n) is 10.9. The summed E-state index contributed by atoms with van der Waals surface area (Å²) < 4.78 is 7.17. The van der Waals surface area contributed by atoms with Crippen molar-refractivity contribution in [1.82, 2.24) is 0 Å². The van der Waals surface area contributed by atoms with Crippen LogP contribution in [0.1, 0.15) is 47.2 Å². The molecule has 0 saturated carbocycles. The molecule has 12 rings (SSSR count). The number of hydrogen-bond acceptors (Lipinski definition) is 1. The van der Waals surface area contributed by atoms with E-state index >= 15 is 0 Å². The second-order valence-corrected chi connectivity index (χ2v) is 17.1. The van der Waals surface area contributed by atoms with Crippen LogP contribution in [0.25, 0.3) is 66.1 Å². The van der Waals surface area contributed by atoms with Gasteiger partial charge in [0.25, 0.3) is 0 Å². The summed E-state index contributed by atoms with van der Waals surface area (Å²) in [4.78, 5) is 0. The standard InChI is InChI=1S/C60H42O/c1-59(2)51-35-36-52-58(61-54-30-18-17-29-50(54)60(52,43-23-11-5-12-24-43)44-25-13-6-14-26-44)57(51)48-34-32-42(38-53(48)59)41-31-33-47-49(37-41)56(40-21-9-4-10-22-40)46-28-16-15-27-45(46)55(47)39-19-7-3-8-20-39/h3-38H,1-2H3. The zero-order valence-electron chi connectivity index (χ0n) is 34.2. The average Bonchev–Trinajstić information content (AvgIpc) is 3.56. The quantitative estimate of drug-likeness (QED) is 0.158. The van der Waals surface area contributed by atoms with Crippen LogP contribution in [0, 0.1) is 0 Å². The maximum Gasteiger partial charge on any atom is 0.140 e. The molecule has 0 radical (unpaired) electrons. The molecule has 0 bridgehead atoms. The van der Waals surface area contributed by atoms with E-state index in [1.165, 1.54) is 93.9 Å². The fraction of sp³-hybridized carbons (Fsp3) is 0.0667. The van der Waals surface area contributed by atoms with Gasteiger partial charge in [-0.05, 0) is 101 Å². The monoisotopic (exact) mass is 778 g/mol. The predicted molar refractivity (Wildman–Crippen MR) is 254 cm³/mol. The first kappa shape index (κ1) is 35.5. The molecule has 0 aromatic heterocycles. The van der Waals surface area contributed by atoms with Crippen molar-refractivity contribution in [2.75, 3.05) is 0 Å². The van der Waals surface area contributed by atoms with E-state index in [0.29, 0.717) is 0 Å². The molecule has 1 heterocycles. The molecule has 2 aliphatic rings. The molecule has 0 N–H and O–H groups in total. The first-order chi connectivity index (χ1) is 30.0. The first-order valence-electron chi connectivity index (χ1n) is 21.3. The number of benzene rings is 10. The lowest BCUT2D eigenvalue weighted by atomic mass is 9.63. The molecule has 0 atom stereocenters. The molecule has 1 heteroatoms. The highest BCUT2D eigenvalue weighted by molar-refractivity contribution is 6.22. The normalized spacial score (nSPS) is 14.1. The molecule has 0 amide bonds. The Morgan fingerprint density at radius 3 is 1.46 bits per heavy atom. The van der Waals surface area contributed by atoms with Crippen LogP contribution in [0.3, 0.4) is 0 Å². The Morgan fingerprint density at radius 2 is 0.820 bits per heavy atom. The summed E-state index contributed by atoms with van der Waals surface area (Å²) >= 11 is 0. The lowest BCUT2D eigenvalue weighted by Crippen LogP contribution is -2.34. The van der Waals surface area contributed by atoms with Crippen LogP contribution in [0.15, 0.2) is 218 Å². The molecular formula is C60H42O. The molecule has 1 nitrogen and oxygen atoms in total. The lowest BCUT2D eigenvalue weighted by molar-refractivity contribution is 0.435. The van der Waals surface area contributed by atoms with Crippen molar-refractivity contribution < 1.29 is 4.74 Å². The molecular weight excluding hydrogens is 737 g/mol. The Balaban J connectivity index is 1.08. The molecule has 10 aromatic carbocycles. The Hall–Kier alpha value is -7.48. The first-order valence-corrected chi connectivity index (χ1v) is 21.3. The minimum absolute atomic E-state index is 0.263. The Morgan fingerprint density at radius 1 is 0.328 bits per heavy atom. The van der Waals surface area contributed by atoms with Gasteiger partial charge in [-0.1, -0.05) is 214 Å². The highest BCUT2D eigenvalue weighted by atomic mass is 16.5. The molecule has 288 valence electrons. The van der Waals surface area contributed by atoms with Crippen LogP contribution in [-0.4, -0.2) is 0 Å². The highest BCUT2D eigenvalue weighted by Gasteiger charge is 2.48. The van der Waals surface area contributed by atoms with Crippen LogP contribution < -0.4 is 4.74 Å². The largest absolute Gasteiger partial charge is 0.456 e. The number of rotatable bonds is 5. The van der Waals surface area contributed by atoms with E-state index in [4.69, 9.17) is 4.74 Å². The predicted octanol–water partition coefficient (Wildman–Crippen LogP) is 15.8. The molecule has 1 aliphatic carbocycles.